The molecular weight excluding hydrogens is 519 g/mol. The van der Waals surface area contributed by atoms with Gasteiger partial charge in [0, 0.05) is 24.9 Å². The van der Waals surface area contributed by atoms with Crippen LogP contribution in [0.15, 0.2) is 72.8 Å². The lowest BCUT2D eigenvalue weighted by Crippen LogP contribution is -2.54. The highest BCUT2D eigenvalue weighted by atomic mass is 35.5. The van der Waals surface area contributed by atoms with Crippen LogP contribution in [-0.2, 0) is 22.6 Å². The maximum Gasteiger partial charge on any atom is 0.243 e. The Labute approximate surface area is 236 Å². The van der Waals surface area contributed by atoms with Crippen molar-refractivity contribution in [2.45, 2.75) is 65.1 Å². The van der Waals surface area contributed by atoms with Crippen LogP contribution >= 0.6 is 23.2 Å². The van der Waals surface area contributed by atoms with Crippen LogP contribution in [-0.4, -0.2) is 34.9 Å². The Morgan fingerprint density at radius 3 is 2.24 bits per heavy atom. The molecule has 7 heteroatoms. The minimum absolute atomic E-state index is 0.131. The van der Waals surface area contributed by atoms with E-state index in [1.807, 2.05) is 88.4 Å². The summed E-state index contributed by atoms with van der Waals surface area (Å²) in [4.78, 5) is 28.9. The van der Waals surface area contributed by atoms with E-state index >= 15 is 0 Å². The second-order valence-electron chi connectivity index (χ2n) is 10.5. The van der Waals surface area contributed by atoms with Gasteiger partial charge in [-0.05, 0) is 69.5 Å². The van der Waals surface area contributed by atoms with Gasteiger partial charge in [-0.25, -0.2) is 0 Å². The van der Waals surface area contributed by atoms with E-state index in [4.69, 9.17) is 27.9 Å². The largest absolute Gasteiger partial charge is 0.494 e. The van der Waals surface area contributed by atoms with Crippen LogP contribution in [0.25, 0.3) is 0 Å². The molecule has 0 saturated carbocycles. The van der Waals surface area contributed by atoms with E-state index in [1.165, 1.54) is 0 Å². The van der Waals surface area contributed by atoms with Gasteiger partial charge in [-0.15, -0.1) is 0 Å². The molecule has 0 radical (unpaired) electrons. The Morgan fingerprint density at radius 2 is 1.61 bits per heavy atom. The zero-order valence-corrected chi connectivity index (χ0v) is 24.0. The van der Waals surface area contributed by atoms with Gasteiger partial charge in [-0.1, -0.05) is 77.3 Å². The summed E-state index contributed by atoms with van der Waals surface area (Å²) in [5, 5.41) is 3.91. The van der Waals surface area contributed by atoms with E-state index in [9.17, 15) is 9.59 Å². The van der Waals surface area contributed by atoms with Crippen molar-refractivity contribution in [2.75, 3.05) is 6.61 Å². The number of rotatable bonds is 11. The van der Waals surface area contributed by atoms with Crippen molar-refractivity contribution in [3.63, 3.8) is 0 Å². The summed E-state index contributed by atoms with van der Waals surface area (Å²) in [5.41, 5.74) is 2.47. The first-order valence-electron chi connectivity index (χ1n) is 12.8. The Kier molecular flexibility index (Phi) is 10.6. The summed E-state index contributed by atoms with van der Waals surface area (Å²) in [6, 6.07) is 22.1. The molecule has 0 saturated heterocycles. The molecule has 0 aliphatic heterocycles. The van der Waals surface area contributed by atoms with Crippen molar-refractivity contribution in [3.8, 4) is 5.75 Å². The molecule has 0 aliphatic carbocycles. The Bertz CT molecular complexity index is 1210. The van der Waals surface area contributed by atoms with Gasteiger partial charge in [0.25, 0.3) is 0 Å². The van der Waals surface area contributed by atoms with E-state index in [0.717, 1.165) is 22.4 Å². The molecule has 5 nitrogen and oxygen atoms in total. The number of carbonyl (C=O) groups is 2. The van der Waals surface area contributed by atoms with Crippen LogP contribution in [0.3, 0.4) is 0 Å². The topological polar surface area (TPSA) is 58.6 Å². The Hall–Kier alpha value is -3.02. The van der Waals surface area contributed by atoms with Gasteiger partial charge in [-0.2, -0.15) is 0 Å². The van der Waals surface area contributed by atoms with Crippen LogP contribution in [0.1, 0.15) is 50.3 Å². The first-order chi connectivity index (χ1) is 18.0. The molecule has 0 fully saturated rings. The normalized spacial score (nSPS) is 12.1. The number of ether oxygens (including phenoxy) is 1. The fourth-order valence-electron chi connectivity index (χ4n) is 4.03. The van der Waals surface area contributed by atoms with Crippen LogP contribution in [0.2, 0.25) is 10.0 Å². The van der Waals surface area contributed by atoms with Gasteiger partial charge in [0.2, 0.25) is 11.8 Å². The summed E-state index contributed by atoms with van der Waals surface area (Å²) < 4.78 is 5.83. The monoisotopic (exact) mass is 554 g/mol. The third kappa shape index (κ3) is 9.38. The van der Waals surface area contributed by atoms with E-state index in [-0.39, 0.29) is 24.8 Å². The first-order valence-corrected chi connectivity index (χ1v) is 13.6. The summed E-state index contributed by atoms with van der Waals surface area (Å²) in [6.07, 6.45) is 1.14. The zero-order chi connectivity index (χ0) is 27.7. The second-order valence-corrected chi connectivity index (χ2v) is 11.3. The lowest BCUT2D eigenvalue weighted by molar-refractivity contribution is -0.142. The number of benzene rings is 3. The minimum atomic E-state index is -0.711. The molecule has 3 aromatic rings. The molecule has 3 aromatic carbocycles. The highest BCUT2D eigenvalue weighted by molar-refractivity contribution is 6.42. The maximum absolute atomic E-state index is 13.7. The van der Waals surface area contributed by atoms with Gasteiger partial charge in [0.1, 0.15) is 11.8 Å². The summed E-state index contributed by atoms with van der Waals surface area (Å²) in [7, 11) is 0. The molecule has 0 spiro atoms. The van der Waals surface area contributed by atoms with Crippen LogP contribution in [0, 0.1) is 6.92 Å². The molecule has 0 heterocycles. The number of amides is 2. The molecule has 0 unspecified atom stereocenters. The second kappa shape index (κ2) is 13.7. The van der Waals surface area contributed by atoms with Crippen molar-refractivity contribution in [1.29, 1.82) is 0 Å². The number of nitrogens with zero attached hydrogens (tertiary/aromatic N) is 1. The number of carbonyl (C=O) groups excluding carboxylic acids is 2. The molecule has 0 aromatic heterocycles. The minimum Gasteiger partial charge on any atom is -0.494 e. The maximum atomic E-state index is 13.7. The van der Waals surface area contributed by atoms with Crippen LogP contribution in [0.5, 0.6) is 5.75 Å². The molecule has 1 atom stereocenters. The van der Waals surface area contributed by atoms with Gasteiger partial charge in [-0.3, -0.25) is 9.59 Å². The molecule has 0 aliphatic rings. The van der Waals surface area contributed by atoms with Crippen molar-refractivity contribution >= 4 is 35.0 Å². The standard InChI is InChI=1S/C31H36Cl2N2O3/c1-22-12-15-25(16-13-22)38-18-8-11-29(36)35(21-24-14-17-26(32)27(33)19-24)28(30(37)34-31(2,3)4)20-23-9-6-5-7-10-23/h5-7,9-10,12-17,19,28H,8,11,18,20-21H2,1-4H3,(H,34,37)/t28-/m0/s1. The zero-order valence-electron chi connectivity index (χ0n) is 22.5. The van der Waals surface area contributed by atoms with Gasteiger partial charge >= 0.3 is 0 Å². The average Bonchev–Trinajstić information content (AvgIpc) is 2.86. The molecule has 0 bridgehead atoms. The van der Waals surface area contributed by atoms with Gasteiger partial charge < -0.3 is 15.0 Å². The number of hydrogen-bond donors (Lipinski definition) is 1. The smallest absolute Gasteiger partial charge is 0.243 e. The Balaban J connectivity index is 1.83. The van der Waals surface area contributed by atoms with Crippen molar-refractivity contribution in [3.05, 3.63) is 99.5 Å². The van der Waals surface area contributed by atoms with E-state index in [2.05, 4.69) is 5.32 Å². The third-order valence-corrected chi connectivity index (χ3v) is 6.67. The fourth-order valence-corrected chi connectivity index (χ4v) is 4.35. The predicted octanol–water partition coefficient (Wildman–Crippen LogP) is 7.02. The molecule has 2 amide bonds. The van der Waals surface area contributed by atoms with E-state index in [0.29, 0.717) is 29.5 Å². The van der Waals surface area contributed by atoms with Crippen molar-refractivity contribution < 1.29 is 14.3 Å². The fraction of sp³-hybridized carbons (Fsp3) is 0.355. The lowest BCUT2D eigenvalue weighted by Gasteiger charge is -2.34. The molecule has 1 N–H and O–H groups in total. The van der Waals surface area contributed by atoms with Gasteiger partial charge in [0.15, 0.2) is 0 Å². The summed E-state index contributed by atoms with van der Waals surface area (Å²) >= 11 is 12.4. The number of hydrogen-bond acceptors (Lipinski definition) is 3. The number of halogens is 2. The van der Waals surface area contributed by atoms with Crippen LogP contribution in [0.4, 0.5) is 0 Å². The lowest BCUT2D eigenvalue weighted by atomic mass is 10.00. The highest BCUT2D eigenvalue weighted by Gasteiger charge is 2.32. The predicted molar refractivity (Wildman–Crippen MR) is 155 cm³/mol. The highest BCUT2D eigenvalue weighted by Crippen LogP contribution is 2.25. The van der Waals surface area contributed by atoms with Gasteiger partial charge in [0.05, 0.1) is 16.7 Å². The van der Waals surface area contributed by atoms with Crippen molar-refractivity contribution in [2.24, 2.45) is 0 Å². The molecular formula is C31H36Cl2N2O3. The summed E-state index contributed by atoms with van der Waals surface area (Å²) in [5.74, 6) is 0.432. The number of nitrogens with one attached hydrogen (secondary N) is 1. The summed E-state index contributed by atoms with van der Waals surface area (Å²) in [6.45, 7) is 8.43. The molecule has 202 valence electrons. The quantitative estimate of drug-likeness (QED) is 0.259. The molecule has 3 rings (SSSR count). The van der Waals surface area contributed by atoms with Crippen molar-refractivity contribution in [1.82, 2.24) is 10.2 Å². The average molecular weight is 556 g/mol. The first kappa shape index (κ1) is 29.5. The van der Waals surface area contributed by atoms with E-state index < -0.39 is 11.6 Å². The Morgan fingerprint density at radius 1 is 0.921 bits per heavy atom. The molecule has 38 heavy (non-hydrogen) atoms. The van der Waals surface area contributed by atoms with Crippen LogP contribution < -0.4 is 10.1 Å². The number of aryl methyl sites for hydroxylation is 1. The SMILES string of the molecule is Cc1ccc(OCCCC(=O)N(Cc2ccc(Cl)c(Cl)c2)[C@@H](Cc2ccccc2)C(=O)NC(C)(C)C)cc1. The van der Waals surface area contributed by atoms with E-state index in [1.54, 1.807) is 17.0 Å². The third-order valence-electron chi connectivity index (χ3n) is 5.93.